The Bertz CT molecular complexity index is 527. The quantitative estimate of drug-likeness (QED) is 0.688. The molecule has 0 fully saturated rings. The SMILES string of the molecule is C/C=C/Cc1ccc(C)cc1Oc1ccccc1. The van der Waals surface area contributed by atoms with Crippen LogP contribution in [0.1, 0.15) is 18.1 Å². The number of hydrogen-bond donors (Lipinski definition) is 0. The number of ether oxygens (including phenoxy) is 1. The minimum atomic E-state index is 0.879. The van der Waals surface area contributed by atoms with Crippen LogP contribution in [0.4, 0.5) is 0 Å². The molecule has 0 spiro atoms. The molecule has 0 unspecified atom stereocenters. The van der Waals surface area contributed by atoms with E-state index in [2.05, 4.69) is 37.3 Å². The molecule has 1 nitrogen and oxygen atoms in total. The molecule has 0 bridgehead atoms. The molecule has 0 aliphatic carbocycles. The van der Waals surface area contributed by atoms with Crippen LogP contribution in [0.3, 0.4) is 0 Å². The molecule has 0 aromatic heterocycles. The van der Waals surface area contributed by atoms with Crippen molar-refractivity contribution in [2.24, 2.45) is 0 Å². The highest BCUT2D eigenvalue weighted by Crippen LogP contribution is 2.27. The van der Waals surface area contributed by atoms with Crippen molar-refractivity contribution in [2.45, 2.75) is 20.3 Å². The van der Waals surface area contributed by atoms with E-state index in [1.54, 1.807) is 0 Å². The number of para-hydroxylation sites is 1. The van der Waals surface area contributed by atoms with Crippen molar-refractivity contribution in [3.05, 3.63) is 71.8 Å². The number of benzene rings is 2. The molecule has 0 aliphatic rings. The van der Waals surface area contributed by atoms with E-state index in [4.69, 9.17) is 4.74 Å². The zero-order valence-electron chi connectivity index (χ0n) is 10.9. The van der Waals surface area contributed by atoms with Gasteiger partial charge in [0, 0.05) is 0 Å². The number of allylic oxidation sites excluding steroid dienone is 2. The zero-order chi connectivity index (χ0) is 12.8. The molecule has 0 saturated carbocycles. The average molecular weight is 238 g/mol. The Kier molecular flexibility index (Phi) is 4.19. The number of rotatable bonds is 4. The van der Waals surface area contributed by atoms with Crippen LogP contribution in [-0.2, 0) is 6.42 Å². The van der Waals surface area contributed by atoms with Crippen LogP contribution < -0.4 is 4.74 Å². The molecular weight excluding hydrogens is 220 g/mol. The summed E-state index contributed by atoms with van der Waals surface area (Å²) in [7, 11) is 0. The Labute approximate surface area is 109 Å². The molecule has 18 heavy (non-hydrogen) atoms. The van der Waals surface area contributed by atoms with Gasteiger partial charge in [0.1, 0.15) is 11.5 Å². The van der Waals surface area contributed by atoms with E-state index in [-0.39, 0.29) is 0 Å². The van der Waals surface area contributed by atoms with Crippen molar-refractivity contribution in [3.63, 3.8) is 0 Å². The van der Waals surface area contributed by atoms with E-state index in [9.17, 15) is 0 Å². The lowest BCUT2D eigenvalue weighted by molar-refractivity contribution is 0.477. The summed E-state index contributed by atoms with van der Waals surface area (Å²) in [5.41, 5.74) is 2.42. The highest BCUT2D eigenvalue weighted by atomic mass is 16.5. The predicted octanol–water partition coefficient (Wildman–Crippen LogP) is 4.91. The summed E-state index contributed by atoms with van der Waals surface area (Å²) in [6, 6.07) is 16.2. The van der Waals surface area contributed by atoms with Gasteiger partial charge in [0.05, 0.1) is 0 Å². The topological polar surface area (TPSA) is 9.23 Å². The second kappa shape index (κ2) is 6.06. The molecule has 2 rings (SSSR count). The van der Waals surface area contributed by atoms with E-state index in [0.717, 1.165) is 17.9 Å². The van der Waals surface area contributed by atoms with Crippen molar-refractivity contribution >= 4 is 0 Å². The summed E-state index contributed by atoms with van der Waals surface area (Å²) in [6.07, 6.45) is 5.10. The normalized spacial score (nSPS) is 10.8. The maximum Gasteiger partial charge on any atom is 0.131 e. The summed E-state index contributed by atoms with van der Waals surface area (Å²) in [5.74, 6) is 1.82. The highest BCUT2D eigenvalue weighted by Gasteiger charge is 2.04. The average Bonchev–Trinajstić information content (AvgIpc) is 2.39. The van der Waals surface area contributed by atoms with Crippen molar-refractivity contribution in [2.75, 3.05) is 0 Å². The molecule has 0 radical (unpaired) electrons. The maximum absolute atomic E-state index is 5.95. The third-order valence-electron chi connectivity index (χ3n) is 2.77. The molecule has 0 aliphatic heterocycles. The Morgan fingerprint density at radius 3 is 2.56 bits per heavy atom. The lowest BCUT2D eigenvalue weighted by Gasteiger charge is -2.11. The largest absolute Gasteiger partial charge is 0.457 e. The Balaban J connectivity index is 2.27. The molecule has 0 atom stereocenters. The van der Waals surface area contributed by atoms with Gasteiger partial charge in [-0.1, -0.05) is 42.5 Å². The van der Waals surface area contributed by atoms with Gasteiger partial charge in [-0.25, -0.2) is 0 Å². The first kappa shape index (κ1) is 12.4. The predicted molar refractivity (Wildman–Crippen MR) is 76.2 cm³/mol. The van der Waals surface area contributed by atoms with Crippen molar-refractivity contribution in [1.82, 2.24) is 0 Å². The first-order valence-corrected chi connectivity index (χ1v) is 6.23. The maximum atomic E-state index is 5.95. The van der Waals surface area contributed by atoms with Gasteiger partial charge in [0.15, 0.2) is 0 Å². The highest BCUT2D eigenvalue weighted by molar-refractivity contribution is 5.41. The number of aryl methyl sites for hydroxylation is 1. The Morgan fingerprint density at radius 1 is 1.06 bits per heavy atom. The van der Waals surface area contributed by atoms with Crippen LogP contribution in [0, 0.1) is 6.92 Å². The fourth-order valence-electron chi connectivity index (χ4n) is 1.79. The van der Waals surface area contributed by atoms with Gasteiger partial charge in [-0.05, 0) is 49.6 Å². The summed E-state index contributed by atoms with van der Waals surface area (Å²) in [4.78, 5) is 0. The first-order valence-electron chi connectivity index (χ1n) is 6.23. The van der Waals surface area contributed by atoms with E-state index in [1.807, 2.05) is 37.3 Å². The van der Waals surface area contributed by atoms with Gasteiger partial charge in [0.25, 0.3) is 0 Å². The Morgan fingerprint density at radius 2 is 1.83 bits per heavy atom. The molecule has 2 aromatic carbocycles. The van der Waals surface area contributed by atoms with Crippen LogP contribution in [0.15, 0.2) is 60.7 Å². The van der Waals surface area contributed by atoms with Crippen LogP contribution in [0.5, 0.6) is 11.5 Å². The summed E-state index contributed by atoms with van der Waals surface area (Å²) in [6.45, 7) is 4.11. The van der Waals surface area contributed by atoms with Crippen LogP contribution >= 0.6 is 0 Å². The lowest BCUT2D eigenvalue weighted by Crippen LogP contribution is -1.91. The molecule has 0 heterocycles. The van der Waals surface area contributed by atoms with Gasteiger partial charge in [-0.15, -0.1) is 0 Å². The van der Waals surface area contributed by atoms with Crippen molar-refractivity contribution < 1.29 is 4.74 Å². The summed E-state index contributed by atoms with van der Waals surface area (Å²) >= 11 is 0. The van der Waals surface area contributed by atoms with Gasteiger partial charge in [-0.2, -0.15) is 0 Å². The van der Waals surface area contributed by atoms with E-state index in [0.29, 0.717) is 0 Å². The molecule has 0 amide bonds. The van der Waals surface area contributed by atoms with Gasteiger partial charge in [-0.3, -0.25) is 0 Å². The minimum Gasteiger partial charge on any atom is -0.457 e. The van der Waals surface area contributed by atoms with Crippen LogP contribution in [-0.4, -0.2) is 0 Å². The molecule has 0 saturated heterocycles. The lowest BCUT2D eigenvalue weighted by atomic mass is 10.1. The first-order chi connectivity index (χ1) is 8.79. The van der Waals surface area contributed by atoms with E-state index in [1.165, 1.54) is 11.1 Å². The second-order valence-electron chi connectivity index (χ2n) is 4.30. The zero-order valence-corrected chi connectivity index (χ0v) is 10.9. The molecule has 2 aromatic rings. The molecule has 1 heteroatoms. The van der Waals surface area contributed by atoms with Crippen molar-refractivity contribution in [1.29, 1.82) is 0 Å². The van der Waals surface area contributed by atoms with Gasteiger partial charge >= 0.3 is 0 Å². The number of hydrogen-bond acceptors (Lipinski definition) is 1. The molecule has 0 N–H and O–H groups in total. The third-order valence-corrected chi connectivity index (χ3v) is 2.77. The van der Waals surface area contributed by atoms with Gasteiger partial charge < -0.3 is 4.74 Å². The second-order valence-corrected chi connectivity index (χ2v) is 4.30. The molecule has 92 valence electrons. The monoisotopic (exact) mass is 238 g/mol. The van der Waals surface area contributed by atoms with Crippen LogP contribution in [0.2, 0.25) is 0 Å². The fourth-order valence-corrected chi connectivity index (χ4v) is 1.79. The van der Waals surface area contributed by atoms with E-state index < -0.39 is 0 Å². The van der Waals surface area contributed by atoms with Crippen LogP contribution in [0.25, 0.3) is 0 Å². The fraction of sp³-hybridized carbons (Fsp3) is 0.176. The Hall–Kier alpha value is -2.02. The van der Waals surface area contributed by atoms with E-state index >= 15 is 0 Å². The third kappa shape index (κ3) is 3.24. The smallest absolute Gasteiger partial charge is 0.131 e. The summed E-state index contributed by atoms with van der Waals surface area (Å²) in [5, 5.41) is 0. The van der Waals surface area contributed by atoms with Crippen molar-refractivity contribution in [3.8, 4) is 11.5 Å². The van der Waals surface area contributed by atoms with Gasteiger partial charge in [0.2, 0.25) is 0 Å². The standard InChI is InChI=1S/C17H18O/c1-3-4-8-15-12-11-14(2)13-17(15)18-16-9-6-5-7-10-16/h3-7,9-13H,8H2,1-2H3/b4-3+. The summed E-state index contributed by atoms with van der Waals surface area (Å²) < 4.78 is 5.95. The minimum absolute atomic E-state index is 0.879. The molecular formula is C17H18O.